The normalized spacial score (nSPS) is 26.7. The highest BCUT2D eigenvalue weighted by Crippen LogP contribution is 2.42. The molecule has 2 aliphatic rings. The highest BCUT2D eigenvalue weighted by atomic mass is 35.5. The Bertz CT molecular complexity index is 800. The summed E-state index contributed by atoms with van der Waals surface area (Å²) in [6, 6.07) is 6.44. The van der Waals surface area contributed by atoms with Crippen LogP contribution in [0.4, 0.5) is 0 Å². The number of carbonyl (C=O) groups is 2. The van der Waals surface area contributed by atoms with E-state index >= 15 is 0 Å². The molecule has 2 N–H and O–H groups in total. The van der Waals surface area contributed by atoms with Gasteiger partial charge in [-0.15, -0.1) is 0 Å². The smallest absolute Gasteiger partial charge is 0.326 e. The van der Waals surface area contributed by atoms with Crippen LogP contribution in [0.2, 0.25) is 5.02 Å². The first-order chi connectivity index (χ1) is 11.1. The summed E-state index contributed by atoms with van der Waals surface area (Å²) in [5, 5.41) is 10.9. The number of carboxylic acid groups (broad SMARTS) is 1. The SMILES string of the molecule is O=C(O)[C@@H]1C2CCCC2CN1C(=O)c1cc2c(Cl)cccc2[nH]1. The number of amides is 1. The third-order valence-electron chi connectivity index (χ3n) is 5.25. The molecule has 2 unspecified atom stereocenters. The predicted molar refractivity (Wildman–Crippen MR) is 86.6 cm³/mol. The van der Waals surface area contributed by atoms with E-state index in [1.54, 1.807) is 12.1 Å². The molecular formula is C17H17ClN2O3. The Morgan fingerprint density at radius 1 is 1.30 bits per heavy atom. The van der Waals surface area contributed by atoms with E-state index in [0.29, 0.717) is 23.2 Å². The number of benzene rings is 1. The second kappa shape index (κ2) is 5.27. The van der Waals surface area contributed by atoms with E-state index in [1.165, 1.54) is 4.90 Å². The van der Waals surface area contributed by atoms with Gasteiger partial charge in [-0.25, -0.2) is 4.79 Å². The zero-order chi connectivity index (χ0) is 16.1. The Kier molecular flexibility index (Phi) is 3.34. The molecule has 1 aromatic carbocycles. The van der Waals surface area contributed by atoms with Crippen molar-refractivity contribution in [2.24, 2.45) is 11.8 Å². The number of nitrogens with zero attached hydrogens (tertiary/aromatic N) is 1. The number of H-pyrrole nitrogens is 1. The molecule has 0 radical (unpaired) electrons. The van der Waals surface area contributed by atoms with Gasteiger partial charge in [0, 0.05) is 22.5 Å². The average molecular weight is 333 g/mol. The zero-order valence-electron chi connectivity index (χ0n) is 12.5. The Balaban J connectivity index is 1.69. The molecule has 0 bridgehead atoms. The summed E-state index contributed by atoms with van der Waals surface area (Å²) in [4.78, 5) is 29.1. The molecule has 2 heterocycles. The molecule has 1 aliphatic heterocycles. The van der Waals surface area contributed by atoms with Gasteiger partial charge in [0.1, 0.15) is 11.7 Å². The molecule has 6 heteroatoms. The number of carboxylic acids is 1. The lowest BCUT2D eigenvalue weighted by Gasteiger charge is -2.23. The standard InChI is InChI=1S/C17H17ClN2O3/c18-12-5-2-6-13-11(12)7-14(19-13)16(21)20-8-9-3-1-4-10(9)15(20)17(22)23/h2,5-7,9-10,15,19H,1,3-4,8H2,(H,22,23)/t9?,10?,15-/m0/s1. The molecule has 1 aliphatic carbocycles. The first-order valence-electron chi connectivity index (χ1n) is 7.87. The zero-order valence-corrected chi connectivity index (χ0v) is 13.2. The number of rotatable bonds is 2. The van der Waals surface area contributed by atoms with Gasteiger partial charge in [-0.3, -0.25) is 4.79 Å². The van der Waals surface area contributed by atoms with Crippen LogP contribution >= 0.6 is 11.6 Å². The van der Waals surface area contributed by atoms with Gasteiger partial charge in [0.25, 0.3) is 5.91 Å². The summed E-state index contributed by atoms with van der Waals surface area (Å²) < 4.78 is 0. The summed E-state index contributed by atoms with van der Waals surface area (Å²) in [6.07, 6.45) is 2.96. The number of aromatic nitrogens is 1. The van der Waals surface area contributed by atoms with E-state index in [-0.39, 0.29) is 11.8 Å². The Labute approximate surface area is 138 Å². The maximum absolute atomic E-state index is 12.9. The summed E-state index contributed by atoms with van der Waals surface area (Å²) in [6.45, 7) is 0.531. The van der Waals surface area contributed by atoms with Crippen LogP contribution < -0.4 is 0 Å². The molecule has 1 saturated heterocycles. The van der Waals surface area contributed by atoms with Gasteiger partial charge < -0.3 is 15.0 Å². The lowest BCUT2D eigenvalue weighted by molar-refractivity contribution is -0.142. The molecule has 1 aromatic heterocycles. The number of aromatic amines is 1. The van der Waals surface area contributed by atoms with Crippen molar-refractivity contribution >= 4 is 34.4 Å². The number of halogens is 1. The first-order valence-corrected chi connectivity index (χ1v) is 8.25. The topological polar surface area (TPSA) is 73.4 Å². The fourth-order valence-corrected chi connectivity index (χ4v) is 4.45. The molecule has 3 atom stereocenters. The van der Waals surface area contributed by atoms with Crippen molar-refractivity contribution in [3.8, 4) is 0 Å². The molecule has 2 aromatic rings. The van der Waals surface area contributed by atoms with Gasteiger partial charge in [-0.2, -0.15) is 0 Å². The van der Waals surface area contributed by atoms with Crippen molar-refractivity contribution in [2.45, 2.75) is 25.3 Å². The minimum Gasteiger partial charge on any atom is -0.480 e. The summed E-state index contributed by atoms with van der Waals surface area (Å²) in [7, 11) is 0. The van der Waals surface area contributed by atoms with Gasteiger partial charge in [0.05, 0.1) is 0 Å². The van der Waals surface area contributed by atoms with Crippen LogP contribution in [0.5, 0.6) is 0 Å². The summed E-state index contributed by atoms with van der Waals surface area (Å²) >= 11 is 6.15. The van der Waals surface area contributed by atoms with Gasteiger partial charge in [0.15, 0.2) is 0 Å². The Morgan fingerprint density at radius 2 is 2.13 bits per heavy atom. The maximum atomic E-state index is 12.9. The monoisotopic (exact) mass is 332 g/mol. The van der Waals surface area contributed by atoms with Crippen molar-refractivity contribution in [1.82, 2.24) is 9.88 Å². The van der Waals surface area contributed by atoms with E-state index in [1.807, 2.05) is 12.1 Å². The number of aliphatic carboxylic acids is 1. The lowest BCUT2D eigenvalue weighted by atomic mass is 9.94. The van der Waals surface area contributed by atoms with Gasteiger partial charge in [-0.1, -0.05) is 24.1 Å². The fraction of sp³-hybridized carbons (Fsp3) is 0.412. The number of fused-ring (bicyclic) bond motifs is 2. The quantitative estimate of drug-likeness (QED) is 0.887. The van der Waals surface area contributed by atoms with Crippen molar-refractivity contribution in [2.75, 3.05) is 6.54 Å². The van der Waals surface area contributed by atoms with Crippen LogP contribution in [0, 0.1) is 11.8 Å². The van der Waals surface area contributed by atoms with Crippen LogP contribution in [0.15, 0.2) is 24.3 Å². The molecule has 0 spiro atoms. The van der Waals surface area contributed by atoms with Crippen molar-refractivity contribution in [3.63, 3.8) is 0 Å². The summed E-state index contributed by atoms with van der Waals surface area (Å²) in [5.74, 6) is -0.751. The molecule has 5 nitrogen and oxygen atoms in total. The highest BCUT2D eigenvalue weighted by Gasteiger charge is 2.49. The van der Waals surface area contributed by atoms with Crippen molar-refractivity contribution in [1.29, 1.82) is 0 Å². The van der Waals surface area contributed by atoms with E-state index in [2.05, 4.69) is 4.98 Å². The van der Waals surface area contributed by atoms with Crippen LogP contribution in [-0.4, -0.2) is 39.5 Å². The third kappa shape index (κ3) is 2.22. The Morgan fingerprint density at radius 3 is 2.87 bits per heavy atom. The maximum Gasteiger partial charge on any atom is 0.326 e. The minimum absolute atomic E-state index is 0.0874. The average Bonchev–Trinajstić information content (AvgIpc) is 3.19. The van der Waals surface area contributed by atoms with Crippen molar-refractivity contribution < 1.29 is 14.7 Å². The number of hydrogen-bond acceptors (Lipinski definition) is 2. The van der Waals surface area contributed by atoms with Gasteiger partial charge in [-0.05, 0) is 42.9 Å². The van der Waals surface area contributed by atoms with Crippen LogP contribution in [0.3, 0.4) is 0 Å². The highest BCUT2D eigenvalue weighted by molar-refractivity contribution is 6.35. The number of hydrogen-bond donors (Lipinski definition) is 2. The molecule has 120 valence electrons. The first kappa shape index (κ1) is 14.6. The largest absolute Gasteiger partial charge is 0.480 e. The van der Waals surface area contributed by atoms with E-state index in [0.717, 1.165) is 30.2 Å². The van der Waals surface area contributed by atoms with Gasteiger partial charge >= 0.3 is 5.97 Å². The molecule has 4 rings (SSSR count). The molecule has 23 heavy (non-hydrogen) atoms. The second-order valence-corrected chi connectivity index (χ2v) is 6.89. The Hall–Kier alpha value is -2.01. The molecule has 2 fully saturated rings. The molecular weight excluding hydrogens is 316 g/mol. The van der Waals surface area contributed by atoms with E-state index in [4.69, 9.17) is 11.6 Å². The van der Waals surface area contributed by atoms with Crippen LogP contribution in [0.1, 0.15) is 29.8 Å². The summed E-state index contributed by atoms with van der Waals surface area (Å²) in [5.41, 5.74) is 1.19. The third-order valence-corrected chi connectivity index (χ3v) is 5.58. The van der Waals surface area contributed by atoms with E-state index < -0.39 is 12.0 Å². The minimum atomic E-state index is -0.901. The predicted octanol–water partition coefficient (Wildman–Crippen LogP) is 3.15. The molecule has 1 amide bonds. The number of likely N-dealkylation sites (tertiary alicyclic amines) is 1. The van der Waals surface area contributed by atoms with Crippen LogP contribution in [-0.2, 0) is 4.79 Å². The number of nitrogens with one attached hydrogen (secondary N) is 1. The lowest BCUT2D eigenvalue weighted by Crippen LogP contribution is -2.43. The van der Waals surface area contributed by atoms with Crippen LogP contribution in [0.25, 0.3) is 10.9 Å². The van der Waals surface area contributed by atoms with Crippen molar-refractivity contribution in [3.05, 3.63) is 35.0 Å². The molecule has 1 saturated carbocycles. The fourth-order valence-electron chi connectivity index (χ4n) is 4.22. The van der Waals surface area contributed by atoms with Gasteiger partial charge in [0.2, 0.25) is 0 Å². The van der Waals surface area contributed by atoms with E-state index in [9.17, 15) is 14.7 Å². The second-order valence-electron chi connectivity index (χ2n) is 6.48. The number of carbonyl (C=O) groups excluding carboxylic acids is 1.